The number of amides is 1. The monoisotopic (exact) mass is 298 g/mol. The van der Waals surface area contributed by atoms with E-state index in [1.165, 1.54) is 56.3 Å². The summed E-state index contributed by atoms with van der Waals surface area (Å²) in [5.74, 6) is 0.255. The molecule has 2 saturated heterocycles. The average molecular weight is 298 g/mol. The van der Waals surface area contributed by atoms with E-state index in [2.05, 4.69) is 29.0 Å². The summed E-state index contributed by atoms with van der Waals surface area (Å²) in [5, 5.41) is 0. The fourth-order valence-corrected chi connectivity index (χ4v) is 4.50. The molecule has 2 fully saturated rings. The number of fused-ring (bicyclic) bond motifs is 1. The first-order chi connectivity index (χ1) is 10.7. The van der Waals surface area contributed by atoms with Gasteiger partial charge in [-0.15, -0.1) is 0 Å². The lowest BCUT2D eigenvalue weighted by molar-refractivity contribution is 0.0736. The minimum Gasteiger partial charge on any atom is -0.338 e. The molecule has 0 unspecified atom stereocenters. The molecule has 0 N–H and O–H groups in total. The Labute approximate surface area is 133 Å². The van der Waals surface area contributed by atoms with Crippen LogP contribution in [0.2, 0.25) is 0 Å². The zero-order chi connectivity index (χ0) is 15.2. The Kier molecular flexibility index (Phi) is 3.48. The Hall–Kier alpha value is -1.35. The van der Waals surface area contributed by atoms with Crippen LogP contribution in [0.1, 0.15) is 47.2 Å². The Morgan fingerprint density at radius 1 is 1.05 bits per heavy atom. The number of benzene rings is 1. The molecule has 0 aromatic heterocycles. The number of hydrogen-bond donors (Lipinski definition) is 0. The third-order valence-corrected chi connectivity index (χ3v) is 6.12. The Bertz CT molecular complexity index is 587. The Balaban J connectivity index is 1.48. The van der Waals surface area contributed by atoms with Crippen LogP contribution in [-0.2, 0) is 12.8 Å². The van der Waals surface area contributed by atoms with Crippen LogP contribution in [0.5, 0.6) is 0 Å². The lowest BCUT2D eigenvalue weighted by Gasteiger charge is -2.37. The predicted octanol–water partition coefficient (Wildman–Crippen LogP) is 2.73. The van der Waals surface area contributed by atoms with Crippen molar-refractivity contribution in [3.05, 3.63) is 34.9 Å². The van der Waals surface area contributed by atoms with E-state index in [1.807, 2.05) is 6.07 Å². The van der Waals surface area contributed by atoms with Crippen LogP contribution in [0.4, 0.5) is 0 Å². The molecular weight excluding hydrogens is 272 g/mol. The number of carbonyl (C=O) groups excluding carboxylic acids is 1. The van der Waals surface area contributed by atoms with E-state index < -0.39 is 0 Å². The molecule has 0 atom stereocenters. The van der Waals surface area contributed by atoms with Crippen LogP contribution < -0.4 is 0 Å². The zero-order valence-corrected chi connectivity index (χ0v) is 13.6. The van der Waals surface area contributed by atoms with Gasteiger partial charge in [0.15, 0.2) is 0 Å². The molecule has 0 bridgehead atoms. The summed E-state index contributed by atoms with van der Waals surface area (Å²) >= 11 is 0. The zero-order valence-electron chi connectivity index (χ0n) is 13.6. The molecule has 4 rings (SSSR count). The molecule has 2 heterocycles. The van der Waals surface area contributed by atoms with Crippen LogP contribution in [0.25, 0.3) is 0 Å². The minimum atomic E-state index is 0.255. The van der Waals surface area contributed by atoms with Crippen molar-refractivity contribution < 1.29 is 4.79 Å². The highest BCUT2D eigenvalue weighted by molar-refractivity contribution is 5.94. The molecule has 3 nitrogen and oxygen atoms in total. The van der Waals surface area contributed by atoms with E-state index in [0.717, 1.165) is 25.1 Å². The van der Waals surface area contributed by atoms with Crippen LogP contribution in [0, 0.1) is 5.41 Å². The molecule has 1 aromatic carbocycles. The topological polar surface area (TPSA) is 23.6 Å². The van der Waals surface area contributed by atoms with Gasteiger partial charge in [0.05, 0.1) is 0 Å². The van der Waals surface area contributed by atoms with E-state index in [9.17, 15) is 4.79 Å². The number of carbonyl (C=O) groups is 1. The minimum absolute atomic E-state index is 0.255. The third kappa shape index (κ3) is 2.45. The number of aryl methyl sites for hydroxylation is 2. The summed E-state index contributed by atoms with van der Waals surface area (Å²) in [7, 11) is 2.20. The van der Waals surface area contributed by atoms with Gasteiger partial charge in [-0.25, -0.2) is 0 Å². The van der Waals surface area contributed by atoms with Gasteiger partial charge in [-0.2, -0.15) is 0 Å². The molecule has 0 saturated carbocycles. The SMILES string of the molecule is CN1CCC2(CC1)CCN(C(=O)c1ccc3c(c1)CCC3)C2. The summed E-state index contributed by atoms with van der Waals surface area (Å²) in [6, 6.07) is 6.38. The van der Waals surface area contributed by atoms with Gasteiger partial charge in [-0.05, 0) is 87.3 Å². The van der Waals surface area contributed by atoms with Gasteiger partial charge < -0.3 is 9.80 Å². The van der Waals surface area contributed by atoms with E-state index in [-0.39, 0.29) is 5.91 Å². The van der Waals surface area contributed by atoms with Crippen LogP contribution in [-0.4, -0.2) is 48.9 Å². The van der Waals surface area contributed by atoms with Crippen LogP contribution >= 0.6 is 0 Å². The summed E-state index contributed by atoms with van der Waals surface area (Å²) < 4.78 is 0. The second-order valence-corrected chi connectivity index (χ2v) is 7.62. The normalized spacial score (nSPS) is 24.0. The first-order valence-corrected chi connectivity index (χ1v) is 8.75. The van der Waals surface area contributed by atoms with Crippen molar-refractivity contribution in [2.45, 2.75) is 38.5 Å². The molecule has 3 heteroatoms. The van der Waals surface area contributed by atoms with E-state index in [0.29, 0.717) is 5.41 Å². The number of hydrogen-bond acceptors (Lipinski definition) is 2. The second kappa shape index (κ2) is 5.38. The van der Waals surface area contributed by atoms with Crippen molar-refractivity contribution in [3.63, 3.8) is 0 Å². The predicted molar refractivity (Wildman–Crippen MR) is 88.2 cm³/mol. The Morgan fingerprint density at radius 3 is 2.59 bits per heavy atom. The van der Waals surface area contributed by atoms with Crippen molar-refractivity contribution in [2.75, 3.05) is 33.2 Å². The van der Waals surface area contributed by atoms with Crippen molar-refractivity contribution in [1.29, 1.82) is 0 Å². The van der Waals surface area contributed by atoms with Gasteiger partial charge in [-0.3, -0.25) is 4.79 Å². The fraction of sp³-hybridized carbons (Fsp3) is 0.632. The molecule has 1 aromatic rings. The fourth-order valence-electron chi connectivity index (χ4n) is 4.50. The van der Waals surface area contributed by atoms with E-state index in [1.54, 1.807) is 0 Å². The second-order valence-electron chi connectivity index (χ2n) is 7.62. The third-order valence-electron chi connectivity index (χ3n) is 6.12. The summed E-state index contributed by atoms with van der Waals surface area (Å²) in [6.45, 7) is 4.28. The van der Waals surface area contributed by atoms with Gasteiger partial charge >= 0.3 is 0 Å². The first-order valence-electron chi connectivity index (χ1n) is 8.75. The number of nitrogens with zero attached hydrogens (tertiary/aromatic N) is 2. The maximum absolute atomic E-state index is 12.9. The number of piperidine rings is 1. The van der Waals surface area contributed by atoms with Crippen LogP contribution in [0.15, 0.2) is 18.2 Å². The maximum atomic E-state index is 12.9. The van der Waals surface area contributed by atoms with Crippen molar-refractivity contribution in [3.8, 4) is 0 Å². The highest BCUT2D eigenvalue weighted by Crippen LogP contribution is 2.40. The van der Waals surface area contributed by atoms with Crippen molar-refractivity contribution in [1.82, 2.24) is 9.80 Å². The van der Waals surface area contributed by atoms with Crippen LogP contribution in [0.3, 0.4) is 0 Å². The summed E-state index contributed by atoms with van der Waals surface area (Å²) in [4.78, 5) is 17.4. The molecule has 1 aliphatic carbocycles. The largest absolute Gasteiger partial charge is 0.338 e. The molecule has 3 aliphatic rings. The smallest absolute Gasteiger partial charge is 0.253 e. The average Bonchev–Trinajstić information content (AvgIpc) is 3.16. The van der Waals surface area contributed by atoms with E-state index >= 15 is 0 Å². The molecule has 0 radical (unpaired) electrons. The molecular formula is C19H26N2O. The number of likely N-dealkylation sites (tertiary alicyclic amines) is 2. The van der Waals surface area contributed by atoms with E-state index in [4.69, 9.17) is 0 Å². The lowest BCUT2D eigenvalue weighted by atomic mass is 9.78. The maximum Gasteiger partial charge on any atom is 0.253 e. The highest BCUT2D eigenvalue weighted by atomic mass is 16.2. The van der Waals surface area contributed by atoms with Gasteiger partial charge in [0, 0.05) is 18.7 Å². The van der Waals surface area contributed by atoms with Crippen molar-refractivity contribution in [2.24, 2.45) is 5.41 Å². The molecule has 1 amide bonds. The molecule has 22 heavy (non-hydrogen) atoms. The lowest BCUT2D eigenvalue weighted by Crippen LogP contribution is -2.40. The van der Waals surface area contributed by atoms with Crippen molar-refractivity contribution >= 4 is 5.91 Å². The molecule has 2 aliphatic heterocycles. The Morgan fingerprint density at radius 2 is 1.77 bits per heavy atom. The highest BCUT2D eigenvalue weighted by Gasteiger charge is 2.41. The first kappa shape index (κ1) is 14.3. The number of rotatable bonds is 1. The van der Waals surface area contributed by atoms with Gasteiger partial charge in [0.2, 0.25) is 0 Å². The van der Waals surface area contributed by atoms with Gasteiger partial charge in [0.1, 0.15) is 0 Å². The summed E-state index contributed by atoms with van der Waals surface area (Å²) in [6.07, 6.45) is 7.26. The van der Waals surface area contributed by atoms with Gasteiger partial charge in [0.25, 0.3) is 5.91 Å². The standard InChI is InChI=1S/C19H26N2O/c1-20-10-7-19(8-11-20)9-12-21(14-19)18(22)17-6-5-15-3-2-4-16(15)13-17/h5-6,13H,2-4,7-12,14H2,1H3. The molecule has 118 valence electrons. The molecule has 1 spiro atoms. The quantitative estimate of drug-likeness (QED) is 0.796. The summed E-state index contributed by atoms with van der Waals surface area (Å²) in [5.41, 5.74) is 4.16. The van der Waals surface area contributed by atoms with Gasteiger partial charge in [-0.1, -0.05) is 6.07 Å².